The van der Waals surface area contributed by atoms with Gasteiger partial charge in [0, 0.05) is 6.04 Å². The highest BCUT2D eigenvalue weighted by molar-refractivity contribution is 6.40. The van der Waals surface area contributed by atoms with Crippen LogP contribution in [-0.4, -0.2) is 23.0 Å². The molecule has 1 saturated carbocycles. The third-order valence-electron chi connectivity index (χ3n) is 3.44. The lowest BCUT2D eigenvalue weighted by Gasteiger charge is -2.17. The van der Waals surface area contributed by atoms with E-state index < -0.39 is 5.97 Å². The molecule has 7 heteroatoms. The number of carbonyl (C=O) groups is 2. The number of carboxylic acid groups (broad SMARTS) is 1. The lowest BCUT2D eigenvalue weighted by molar-refractivity contribution is -0.120. The molecule has 5 nitrogen and oxygen atoms in total. The van der Waals surface area contributed by atoms with E-state index in [1.54, 1.807) is 0 Å². The number of anilines is 1. The van der Waals surface area contributed by atoms with Gasteiger partial charge in [-0.1, -0.05) is 29.6 Å². The van der Waals surface area contributed by atoms with E-state index in [9.17, 15) is 9.59 Å². The molecule has 20 heavy (non-hydrogen) atoms. The zero-order chi connectivity index (χ0) is 14.9. The Morgan fingerprint density at radius 2 is 1.85 bits per heavy atom. The Kier molecular flexibility index (Phi) is 4.52. The number of carbonyl (C=O) groups excluding carboxylic acids is 1. The number of amides is 1. The number of nitrogens with two attached hydrogens (primary N) is 1. The predicted octanol–water partition coefficient (Wildman–Crippen LogP) is 2.76. The first-order valence-electron chi connectivity index (χ1n) is 6.19. The van der Waals surface area contributed by atoms with Gasteiger partial charge in [-0.15, -0.1) is 0 Å². The average molecular weight is 317 g/mol. The third-order valence-corrected chi connectivity index (χ3v) is 4.04. The minimum absolute atomic E-state index is 0.0319. The Balaban J connectivity index is 2.21. The molecule has 2 unspecified atom stereocenters. The summed E-state index contributed by atoms with van der Waals surface area (Å²) in [5, 5.41) is 11.7. The summed E-state index contributed by atoms with van der Waals surface area (Å²) >= 11 is 11.9. The van der Waals surface area contributed by atoms with Crippen LogP contribution in [0.5, 0.6) is 0 Å². The summed E-state index contributed by atoms with van der Waals surface area (Å²) in [4.78, 5) is 23.0. The molecule has 1 aliphatic carbocycles. The molecule has 0 spiro atoms. The summed E-state index contributed by atoms with van der Waals surface area (Å²) in [6.07, 6.45) is 2.46. The zero-order valence-corrected chi connectivity index (χ0v) is 12.0. The van der Waals surface area contributed by atoms with Gasteiger partial charge in [-0.25, -0.2) is 4.79 Å². The minimum Gasteiger partial charge on any atom is -0.478 e. The van der Waals surface area contributed by atoms with E-state index in [4.69, 9.17) is 34.0 Å². The van der Waals surface area contributed by atoms with Gasteiger partial charge in [0.25, 0.3) is 0 Å². The number of halogens is 2. The van der Waals surface area contributed by atoms with E-state index in [1.165, 1.54) is 12.1 Å². The van der Waals surface area contributed by atoms with Crippen LogP contribution in [0.3, 0.4) is 0 Å². The second-order valence-corrected chi connectivity index (χ2v) is 5.62. The van der Waals surface area contributed by atoms with Crippen LogP contribution in [0, 0.1) is 5.92 Å². The highest BCUT2D eigenvalue weighted by Crippen LogP contribution is 2.33. The maximum Gasteiger partial charge on any atom is 0.335 e. The molecule has 4 N–H and O–H groups in total. The molecular formula is C13H14Cl2N2O3. The van der Waals surface area contributed by atoms with Gasteiger partial charge in [-0.2, -0.15) is 0 Å². The van der Waals surface area contributed by atoms with Crippen LogP contribution in [0.15, 0.2) is 12.1 Å². The number of aromatic carboxylic acids is 1. The van der Waals surface area contributed by atoms with E-state index in [2.05, 4.69) is 5.32 Å². The normalized spacial score (nSPS) is 21.8. The Bertz CT molecular complexity index is 540. The summed E-state index contributed by atoms with van der Waals surface area (Å²) in [7, 11) is 0. The van der Waals surface area contributed by atoms with Crippen molar-refractivity contribution in [2.24, 2.45) is 11.7 Å². The molecule has 0 saturated heterocycles. The molecule has 1 aromatic rings. The van der Waals surface area contributed by atoms with Crippen LogP contribution in [0.2, 0.25) is 10.0 Å². The summed E-state index contributed by atoms with van der Waals surface area (Å²) in [6, 6.07) is 2.34. The van der Waals surface area contributed by atoms with Gasteiger partial charge in [-0.05, 0) is 25.0 Å². The minimum atomic E-state index is -1.13. The lowest BCUT2D eigenvalue weighted by Crippen LogP contribution is -2.34. The number of carboxylic acids is 1. The van der Waals surface area contributed by atoms with Crippen LogP contribution in [0.25, 0.3) is 0 Å². The van der Waals surface area contributed by atoms with Crippen molar-refractivity contribution in [1.82, 2.24) is 0 Å². The summed E-state index contributed by atoms with van der Waals surface area (Å²) < 4.78 is 0. The van der Waals surface area contributed by atoms with Crippen LogP contribution in [-0.2, 0) is 4.79 Å². The van der Waals surface area contributed by atoms with Crippen molar-refractivity contribution in [3.63, 3.8) is 0 Å². The first kappa shape index (κ1) is 15.1. The van der Waals surface area contributed by atoms with Crippen molar-refractivity contribution in [2.75, 3.05) is 5.32 Å². The summed E-state index contributed by atoms with van der Waals surface area (Å²) in [6.45, 7) is 0. The van der Waals surface area contributed by atoms with Crippen LogP contribution >= 0.6 is 23.2 Å². The fraction of sp³-hybridized carbons (Fsp3) is 0.385. The molecule has 0 aromatic heterocycles. The standard InChI is InChI=1S/C13H14Cl2N2O3/c14-8-4-6(13(19)20)5-9(15)11(8)17-12(18)7-2-1-3-10(7)16/h4-5,7,10H,1-3,16H2,(H,17,18)(H,19,20). The second-order valence-electron chi connectivity index (χ2n) is 4.81. The number of nitrogens with one attached hydrogen (secondary N) is 1. The quantitative estimate of drug-likeness (QED) is 0.799. The maximum atomic E-state index is 12.1. The Morgan fingerprint density at radius 3 is 2.30 bits per heavy atom. The molecule has 0 heterocycles. The fourth-order valence-corrected chi connectivity index (χ4v) is 2.93. The number of rotatable bonds is 3. The number of hydrogen-bond donors (Lipinski definition) is 3. The van der Waals surface area contributed by atoms with Crippen molar-refractivity contribution in [1.29, 1.82) is 0 Å². The summed E-state index contributed by atoms with van der Waals surface area (Å²) in [5.41, 5.74) is 6.06. The van der Waals surface area contributed by atoms with Gasteiger partial charge in [0.1, 0.15) is 0 Å². The van der Waals surface area contributed by atoms with Gasteiger partial charge >= 0.3 is 5.97 Å². The molecule has 1 aliphatic rings. The highest BCUT2D eigenvalue weighted by Gasteiger charge is 2.31. The van der Waals surface area contributed by atoms with Crippen LogP contribution in [0.1, 0.15) is 29.6 Å². The first-order valence-corrected chi connectivity index (χ1v) is 6.94. The molecule has 0 radical (unpaired) electrons. The molecule has 0 aliphatic heterocycles. The van der Waals surface area contributed by atoms with Gasteiger partial charge in [-0.3, -0.25) is 4.79 Å². The van der Waals surface area contributed by atoms with E-state index in [1.807, 2.05) is 0 Å². The molecule has 1 amide bonds. The molecule has 1 fully saturated rings. The largest absolute Gasteiger partial charge is 0.478 e. The summed E-state index contributed by atoms with van der Waals surface area (Å²) in [5.74, 6) is -1.63. The van der Waals surface area contributed by atoms with Gasteiger partial charge < -0.3 is 16.2 Å². The number of hydrogen-bond acceptors (Lipinski definition) is 3. The second kappa shape index (κ2) is 5.99. The Morgan fingerprint density at radius 1 is 1.25 bits per heavy atom. The first-order chi connectivity index (χ1) is 9.40. The number of benzene rings is 1. The molecule has 108 valence electrons. The molecule has 2 atom stereocenters. The average Bonchev–Trinajstić information content (AvgIpc) is 2.79. The monoisotopic (exact) mass is 316 g/mol. The van der Waals surface area contributed by atoms with Gasteiger partial charge in [0.05, 0.1) is 27.2 Å². The molecular weight excluding hydrogens is 303 g/mol. The molecule has 0 bridgehead atoms. The van der Waals surface area contributed by atoms with E-state index in [0.717, 1.165) is 19.3 Å². The molecule has 1 aromatic carbocycles. The lowest BCUT2D eigenvalue weighted by atomic mass is 10.0. The van der Waals surface area contributed by atoms with Crippen molar-refractivity contribution in [2.45, 2.75) is 25.3 Å². The zero-order valence-electron chi connectivity index (χ0n) is 10.5. The van der Waals surface area contributed by atoms with Gasteiger partial charge in [0.15, 0.2) is 0 Å². The van der Waals surface area contributed by atoms with E-state index in [-0.39, 0.29) is 39.2 Å². The van der Waals surface area contributed by atoms with Crippen molar-refractivity contribution in [3.05, 3.63) is 27.7 Å². The SMILES string of the molecule is NC1CCCC1C(=O)Nc1c(Cl)cc(C(=O)O)cc1Cl. The Hall–Kier alpha value is -1.30. The van der Waals surface area contributed by atoms with Crippen molar-refractivity contribution < 1.29 is 14.7 Å². The fourth-order valence-electron chi connectivity index (χ4n) is 2.35. The highest BCUT2D eigenvalue weighted by atomic mass is 35.5. The molecule has 2 rings (SSSR count). The smallest absolute Gasteiger partial charge is 0.335 e. The third kappa shape index (κ3) is 3.06. The Labute approximate surface area is 126 Å². The van der Waals surface area contributed by atoms with Gasteiger partial charge in [0.2, 0.25) is 5.91 Å². The van der Waals surface area contributed by atoms with Crippen LogP contribution < -0.4 is 11.1 Å². The van der Waals surface area contributed by atoms with E-state index in [0.29, 0.717) is 0 Å². The van der Waals surface area contributed by atoms with E-state index >= 15 is 0 Å². The van der Waals surface area contributed by atoms with Crippen molar-refractivity contribution in [3.8, 4) is 0 Å². The topological polar surface area (TPSA) is 92.4 Å². The predicted molar refractivity (Wildman–Crippen MR) is 77.4 cm³/mol. The van der Waals surface area contributed by atoms with Crippen molar-refractivity contribution >= 4 is 40.8 Å². The maximum absolute atomic E-state index is 12.1. The van der Waals surface area contributed by atoms with Crippen LogP contribution in [0.4, 0.5) is 5.69 Å².